The van der Waals surface area contributed by atoms with Crippen LogP contribution >= 0.6 is 0 Å². The van der Waals surface area contributed by atoms with Gasteiger partial charge in [0.25, 0.3) is 0 Å². The van der Waals surface area contributed by atoms with E-state index < -0.39 is 0 Å². The number of rotatable bonds is 4. The van der Waals surface area contributed by atoms with E-state index in [2.05, 4.69) is 11.8 Å². The topological polar surface area (TPSA) is 20.3 Å². The zero-order chi connectivity index (χ0) is 8.81. The maximum Gasteiger partial charge on any atom is 0.120 e. The molecule has 0 atom stereocenters. The molecule has 2 heteroatoms. The Morgan fingerprint density at radius 2 is 2.08 bits per heavy atom. The van der Waals surface area contributed by atoms with Crippen LogP contribution in [0.15, 0.2) is 0 Å². The fraction of sp³-hybridized carbons (Fsp3) is 0.900. The van der Waals surface area contributed by atoms with Crippen molar-refractivity contribution in [1.82, 2.24) is 4.90 Å². The van der Waals surface area contributed by atoms with Crippen molar-refractivity contribution >= 4 is 6.29 Å². The molecule has 1 aliphatic heterocycles. The molecule has 0 saturated carbocycles. The monoisotopic (exact) mass is 169 g/mol. The molecule has 0 spiro atoms. The Bertz CT molecular complexity index is 128. The highest BCUT2D eigenvalue weighted by atomic mass is 16.1. The molecule has 0 amide bonds. The quantitative estimate of drug-likeness (QED) is 0.471. The second-order valence-electron chi connectivity index (χ2n) is 3.83. The third kappa shape index (κ3) is 3.35. The van der Waals surface area contributed by atoms with Crippen molar-refractivity contribution in [3.8, 4) is 0 Å². The van der Waals surface area contributed by atoms with Gasteiger partial charge in [-0.05, 0) is 44.8 Å². The number of unbranched alkanes of at least 4 members (excludes halogenated alkanes) is 1. The fourth-order valence-electron chi connectivity index (χ4n) is 1.68. The zero-order valence-corrected chi connectivity index (χ0v) is 7.96. The predicted octanol–water partition coefficient (Wildman–Crippen LogP) is 1.70. The molecule has 0 radical (unpaired) electrons. The third-order valence-corrected chi connectivity index (χ3v) is 2.67. The summed E-state index contributed by atoms with van der Waals surface area (Å²) in [6, 6.07) is 0. The van der Waals surface area contributed by atoms with Crippen LogP contribution in [0.5, 0.6) is 0 Å². The van der Waals surface area contributed by atoms with Crippen molar-refractivity contribution in [1.29, 1.82) is 0 Å². The molecule has 1 rings (SSSR count). The van der Waals surface area contributed by atoms with Crippen LogP contribution in [-0.2, 0) is 4.79 Å². The first kappa shape index (κ1) is 9.72. The van der Waals surface area contributed by atoms with Gasteiger partial charge >= 0.3 is 0 Å². The third-order valence-electron chi connectivity index (χ3n) is 2.67. The number of carbonyl (C=O) groups excluding carboxylic acids is 1. The molecule has 0 aromatic rings. The van der Waals surface area contributed by atoms with Crippen molar-refractivity contribution in [2.75, 3.05) is 19.6 Å². The van der Waals surface area contributed by atoms with Crippen LogP contribution < -0.4 is 0 Å². The highest BCUT2D eigenvalue weighted by molar-refractivity contribution is 5.48. The number of aldehydes is 1. The Morgan fingerprint density at radius 3 is 2.67 bits per heavy atom. The summed E-state index contributed by atoms with van der Waals surface area (Å²) in [7, 11) is 0. The smallest absolute Gasteiger partial charge is 0.120 e. The van der Waals surface area contributed by atoms with E-state index in [1.54, 1.807) is 0 Å². The van der Waals surface area contributed by atoms with E-state index in [1.807, 2.05) is 0 Å². The lowest BCUT2D eigenvalue weighted by Crippen LogP contribution is -2.33. The molecule has 1 aliphatic rings. The maximum absolute atomic E-state index is 10.1. The van der Waals surface area contributed by atoms with Crippen molar-refractivity contribution in [3.05, 3.63) is 0 Å². The Hall–Kier alpha value is -0.370. The standard InChI is InChI=1S/C10H19NO/c1-10-4-7-11(8-5-10)6-2-3-9-12/h9-10H,2-8H2,1H3. The molecule has 12 heavy (non-hydrogen) atoms. The van der Waals surface area contributed by atoms with Gasteiger partial charge in [-0.1, -0.05) is 6.92 Å². The minimum Gasteiger partial charge on any atom is -0.303 e. The molecule has 1 fully saturated rings. The summed E-state index contributed by atoms with van der Waals surface area (Å²) in [5.74, 6) is 0.910. The van der Waals surface area contributed by atoms with Crippen LogP contribution in [0.25, 0.3) is 0 Å². The average molecular weight is 169 g/mol. The molecule has 0 aliphatic carbocycles. The van der Waals surface area contributed by atoms with Crippen LogP contribution in [0, 0.1) is 5.92 Å². The SMILES string of the molecule is CC1CCN(CCCC=O)CC1. The largest absolute Gasteiger partial charge is 0.303 e. The molecule has 0 bridgehead atoms. The molecule has 70 valence electrons. The summed E-state index contributed by atoms with van der Waals surface area (Å²) in [6.07, 6.45) is 5.46. The van der Waals surface area contributed by atoms with Gasteiger partial charge in [0.1, 0.15) is 6.29 Å². The first-order valence-corrected chi connectivity index (χ1v) is 4.99. The average Bonchev–Trinajstić information content (AvgIpc) is 2.09. The second-order valence-corrected chi connectivity index (χ2v) is 3.83. The number of piperidine rings is 1. The molecular formula is C10H19NO. The van der Waals surface area contributed by atoms with Gasteiger partial charge in [-0.15, -0.1) is 0 Å². The van der Waals surface area contributed by atoms with Gasteiger partial charge in [0, 0.05) is 6.42 Å². The number of nitrogens with zero attached hydrogens (tertiary/aromatic N) is 1. The van der Waals surface area contributed by atoms with Crippen LogP contribution in [0.1, 0.15) is 32.6 Å². The highest BCUT2D eigenvalue weighted by Crippen LogP contribution is 2.15. The first-order valence-electron chi connectivity index (χ1n) is 4.99. The lowest BCUT2D eigenvalue weighted by atomic mass is 9.99. The van der Waals surface area contributed by atoms with E-state index in [4.69, 9.17) is 0 Å². The van der Waals surface area contributed by atoms with E-state index >= 15 is 0 Å². The van der Waals surface area contributed by atoms with Crippen molar-refractivity contribution in [3.63, 3.8) is 0 Å². The van der Waals surface area contributed by atoms with E-state index in [9.17, 15) is 4.79 Å². The molecule has 1 heterocycles. The molecule has 0 aromatic heterocycles. The normalized spacial score (nSPS) is 21.1. The van der Waals surface area contributed by atoms with Gasteiger partial charge in [0.2, 0.25) is 0 Å². The van der Waals surface area contributed by atoms with E-state index in [0.717, 1.165) is 31.6 Å². The number of hydrogen-bond acceptors (Lipinski definition) is 2. The Morgan fingerprint density at radius 1 is 1.42 bits per heavy atom. The van der Waals surface area contributed by atoms with Crippen molar-refractivity contribution in [2.24, 2.45) is 5.92 Å². The maximum atomic E-state index is 10.1. The van der Waals surface area contributed by atoms with Crippen LogP contribution in [0.3, 0.4) is 0 Å². The molecule has 1 saturated heterocycles. The summed E-state index contributed by atoms with van der Waals surface area (Å²) < 4.78 is 0. The lowest BCUT2D eigenvalue weighted by Gasteiger charge is -2.29. The summed E-state index contributed by atoms with van der Waals surface area (Å²) >= 11 is 0. The first-order chi connectivity index (χ1) is 5.83. The van der Waals surface area contributed by atoms with Gasteiger partial charge in [0.15, 0.2) is 0 Å². The Labute approximate surface area is 74.9 Å². The molecular weight excluding hydrogens is 150 g/mol. The second kappa shape index (κ2) is 5.31. The molecule has 0 N–H and O–H groups in total. The Balaban J connectivity index is 2.05. The van der Waals surface area contributed by atoms with Crippen LogP contribution in [0.2, 0.25) is 0 Å². The van der Waals surface area contributed by atoms with Crippen molar-refractivity contribution in [2.45, 2.75) is 32.6 Å². The van der Waals surface area contributed by atoms with Gasteiger partial charge in [-0.2, -0.15) is 0 Å². The van der Waals surface area contributed by atoms with E-state index in [0.29, 0.717) is 0 Å². The van der Waals surface area contributed by atoms with Gasteiger partial charge in [0.05, 0.1) is 0 Å². The van der Waals surface area contributed by atoms with Crippen molar-refractivity contribution < 1.29 is 4.79 Å². The molecule has 0 aromatic carbocycles. The van der Waals surface area contributed by atoms with Gasteiger partial charge in [-0.25, -0.2) is 0 Å². The summed E-state index contributed by atoms with van der Waals surface area (Å²) in [4.78, 5) is 12.6. The predicted molar refractivity (Wildman–Crippen MR) is 50.1 cm³/mol. The fourth-order valence-corrected chi connectivity index (χ4v) is 1.68. The summed E-state index contributed by atoms with van der Waals surface area (Å²) in [6.45, 7) is 5.91. The highest BCUT2D eigenvalue weighted by Gasteiger charge is 2.14. The zero-order valence-electron chi connectivity index (χ0n) is 7.96. The minimum atomic E-state index is 0.728. The van der Waals surface area contributed by atoms with Crippen LogP contribution in [-0.4, -0.2) is 30.8 Å². The molecule has 2 nitrogen and oxygen atoms in total. The van der Waals surface area contributed by atoms with E-state index in [-0.39, 0.29) is 0 Å². The summed E-state index contributed by atoms with van der Waals surface area (Å²) in [5, 5.41) is 0. The van der Waals surface area contributed by atoms with Gasteiger partial charge in [-0.3, -0.25) is 0 Å². The number of hydrogen-bond donors (Lipinski definition) is 0. The van der Waals surface area contributed by atoms with Crippen LogP contribution in [0.4, 0.5) is 0 Å². The summed E-state index contributed by atoms with van der Waals surface area (Å²) in [5.41, 5.74) is 0. The van der Waals surface area contributed by atoms with Gasteiger partial charge < -0.3 is 9.69 Å². The van der Waals surface area contributed by atoms with E-state index in [1.165, 1.54) is 25.9 Å². The number of carbonyl (C=O) groups is 1. The molecule has 0 unspecified atom stereocenters. The lowest BCUT2D eigenvalue weighted by molar-refractivity contribution is -0.108. The minimum absolute atomic E-state index is 0.728. The Kier molecular flexibility index (Phi) is 4.30. The number of likely N-dealkylation sites (tertiary alicyclic amines) is 1.